The third-order valence-electron chi connectivity index (χ3n) is 6.02. The van der Waals surface area contributed by atoms with Crippen molar-refractivity contribution in [2.24, 2.45) is 0 Å². The van der Waals surface area contributed by atoms with E-state index in [9.17, 15) is 14.4 Å². The quantitative estimate of drug-likeness (QED) is 0.712. The SMILES string of the molecule is O=C(CN1C(=O)N[C@@]2(CCOc3ccccc32)C1=O)N1CCN(c2ncccn2)CC1. The van der Waals surface area contributed by atoms with Gasteiger partial charge in [-0.25, -0.2) is 14.8 Å². The summed E-state index contributed by atoms with van der Waals surface area (Å²) < 4.78 is 5.64. The van der Waals surface area contributed by atoms with E-state index in [2.05, 4.69) is 15.3 Å². The van der Waals surface area contributed by atoms with Crippen molar-refractivity contribution in [2.75, 3.05) is 44.2 Å². The fraction of sp³-hybridized carbons (Fsp3) is 0.381. The van der Waals surface area contributed by atoms with Crippen LogP contribution in [0, 0.1) is 0 Å². The number of nitrogens with zero attached hydrogens (tertiary/aromatic N) is 5. The summed E-state index contributed by atoms with van der Waals surface area (Å²) in [6.07, 6.45) is 3.69. The second-order valence-corrected chi connectivity index (χ2v) is 7.74. The first-order valence-corrected chi connectivity index (χ1v) is 10.2. The molecule has 0 aliphatic carbocycles. The zero-order valence-electron chi connectivity index (χ0n) is 16.9. The van der Waals surface area contributed by atoms with Crippen LogP contribution < -0.4 is 15.0 Å². The van der Waals surface area contributed by atoms with Gasteiger partial charge in [-0.1, -0.05) is 18.2 Å². The van der Waals surface area contributed by atoms with Crippen molar-refractivity contribution in [1.82, 2.24) is 25.1 Å². The van der Waals surface area contributed by atoms with Gasteiger partial charge in [0.15, 0.2) is 5.54 Å². The molecule has 1 atom stereocenters. The fourth-order valence-electron chi connectivity index (χ4n) is 4.36. The van der Waals surface area contributed by atoms with Crippen LogP contribution >= 0.6 is 0 Å². The van der Waals surface area contributed by atoms with Gasteiger partial charge in [0.25, 0.3) is 5.91 Å². The number of piperazine rings is 1. The Morgan fingerprint density at radius 1 is 1.06 bits per heavy atom. The maximum Gasteiger partial charge on any atom is 0.325 e. The highest BCUT2D eigenvalue weighted by atomic mass is 16.5. The Bertz CT molecular complexity index is 1020. The molecule has 10 nitrogen and oxygen atoms in total. The van der Waals surface area contributed by atoms with Crippen molar-refractivity contribution in [1.29, 1.82) is 0 Å². The van der Waals surface area contributed by atoms with E-state index in [4.69, 9.17) is 4.74 Å². The lowest BCUT2D eigenvalue weighted by atomic mass is 9.84. The van der Waals surface area contributed by atoms with Gasteiger partial charge in [0.2, 0.25) is 11.9 Å². The van der Waals surface area contributed by atoms with Gasteiger partial charge in [-0.3, -0.25) is 14.5 Å². The molecule has 1 aromatic heterocycles. The first-order valence-electron chi connectivity index (χ1n) is 10.2. The van der Waals surface area contributed by atoms with Crippen LogP contribution in [0.2, 0.25) is 0 Å². The van der Waals surface area contributed by atoms with E-state index >= 15 is 0 Å². The van der Waals surface area contributed by atoms with Crippen molar-refractivity contribution in [3.05, 3.63) is 48.3 Å². The number of aromatic nitrogens is 2. The molecule has 0 unspecified atom stereocenters. The number of anilines is 1. The molecular weight excluding hydrogens is 400 g/mol. The first kappa shape index (κ1) is 19.3. The topological polar surface area (TPSA) is 108 Å². The molecule has 10 heteroatoms. The summed E-state index contributed by atoms with van der Waals surface area (Å²) in [6, 6.07) is 8.39. The van der Waals surface area contributed by atoms with E-state index < -0.39 is 17.5 Å². The number of amides is 4. The highest BCUT2D eigenvalue weighted by molar-refractivity contribution is 6.09. The molecule has 2 saturated heterocycles. The minimum Gasteiger partial charge on any atom is -0.493 e. The van der Waals surface area contributed by atoms with Gasteiger partial charge >= 0.3 is 6.03 Å². The average molecular weight is 422 g/mol. The lowest BCUT2D eigenvalue weighted by molar-refractivity contribution is -0.139. The summed E-state index contributed by atoms with van der Waals surface area (Å²) >= 11 is 0. The van der Waals surface area contributed by atoms with Gasteiger partial charge in [-0.15, -0.1) is 0 Å². The van der Waals surface area contributed by atoms with Gasteiger partial charge in [-0.05, 0) is 12.1 Å². The van der Waals surface area contributed by atoms with E-state index in [0.29, 0.717) is 56.5 Å². The van der Waals surface area contributed by atoms with Gasteiger partial charge < -0.3 is 19.9 Å². The highest BCUT2D eigenvalue weighted by Crippen LogP contribution is 2.40. The van der Waals surface area contributed by atoms with Crippen LogP contribution in [0.1, 0.15) is 12.0 Å². The van der Waals surface area contributed by atoms with Crippen LogP contribution in [0.5, 0.6) is 5.75 Å². The Kier molecular flexibility index (Phi) is 4.68. The number of fused-ring (bicyclic) bond motifs is 2. The van der Waals surface area contributed by atoms with Gasteiger partial charge in [0, 0.05) is 50.6 Å². The molecule has 160 valence electrons. The fourth-order valence-corrected chi connectivity index (χ4v) is 4.36. The lowest BCUT2D eigenvalue weighted by Gasteiger charge is -2.35. The second kappa shape index (κ2) is 7.53. The second-order valence-electron chi connectivity index (χ2n) is 7.74. The smallest absolute Gasteiger partial charge is 0.325 e. The number of benzene rings is 1. The normalized spacial score (nSPS) is 22.9. The number of ether oxygens (including phenoxy) is 1. The Morgan fingerprint density at radius 3 is 2.58 bits per heavy atom. The van der Waals surface area contributed by atoms with Crippen LogP contribution in [-0.4, -0.2) is 76.9 Å². The van der Waals surface area contributed by atoms with Crippen LogP contribution in [0.15, 0.2) is 42.7 Å². The molecule has 4 heterocycles. The Labute approximate surface area is 178 Å². The Balaban J connectivity index is 1.27. The number of hydrogen-bond acceptors (Lipinski definition) is 7. The van der Waals surface area contributed by atoms with Crippen molar-refractivity contribution in [2.45, 2.75) is 12.0 Å². The molecule has 0 radical (unpaired) electrons. The maximum absolute atomic E-state index is 13.3. The summed E-state index contributed by atoms with van der Waals surface area (Å²) in [5.74, 6) is 0.547. The summed E-state index contributed by atoms with van der Waals surface area (Å²) in [4.78, 5) is 52.0. The number of hydrogen-bond donors (Lipinski definition) is 1. The maximum atomic E-state index is 13.3. The molecule has 0 saturated carbocycles. The zero-order valence-corrected chi connectivity index (χ0v) is 16.9. The molecule has 1 spiro atoms. The number of nitrogens with one attached hydrogen (secondary N) is 1. The molecule has 31 heavy (non-hydrogen) atoms. The molecule has 0 bridgehead atoms. The van der Waals surface area contributed by atoms with Crippen LogP contribution in [0.25, 0.3) is 0 Å². The third kappa shape index (κ3) is 3.24. The minimum atomic E-state index is -1.17. The largest absolute Gasteiger partial charge is 0.493 e. The number of carbonyl (C=O) groups is 3. The third-order valence-corrected chi connectivity index (χ3v) is 6.02. The lowest BCUT2D eigenvalue weighted by Crippen LogP contribution is -2.52. The minimum absolute atomic E-state index is 0.255. The molecule has 5 rings (SSSR count). The van der Waals surface area contributed by atoms with E-state index in [-0.39, 0.29) is 12.5 Å². The standard InChI is InChI=1S/C21H22N6O4/c28-17(25-9-11-26(12-10-25)19-22-7-3-8-23-19)14-27-18(29)21(24-20(27)30)6-13-31-16-5-2-1-4-15(16)21/h1-5,7-8H,6,9-14H2,(H,24,30)/t21-/m1/s1. The highest BCUT2D eigenvalue weighted by Gasteiger charge is 2.55. The average Bonchev–Trinajstić information content (AvgIpc) is 3.04. The molecule has 3 aliphatic heterocycles. The molecule has 3 aliphatic rings. The number of para-hydroxylation sites is 1. The van der Waals surface area contributed by atoms with Crippen molar-refractivity contribution < 1.29 is 19.1 Å². The Morgan fingerprint density at radius 2 is 1.81 bits per heavy atom. The molecule has 2 fully saturated rings. The monoisotopic (exact) mass is 422 g/mol. The van der Waals surface area contributed by atoms with Gasteiger partial charge in [-0.2, -0.15) is 0 Å². The molecular formula is C21H22N6O4. The predicted molar refractivity (Wildman–Crippen MR) is 109 cm³/mol. The van der Waals surface area contributed by atoms with Gasteiger partial charge in [0.1, 0.15) is 12.3 Å². The Hall–Kier alpha value is -3.69. The van der Waals surface area contributed by atoms with E-state index in [1.807, 2.05) is 11.0 Å². The van der Waals surface area contributed by atoms with E-state index in [1.54, 1.807) is 41.6 Å². The van der Waals surface area contributed by atoms with Crippen LogP contribution in [0.4, 0.5) is 10.7 Å². The zero-order chi connectivity index (χ0) is 21.4. The number of carbonyl (C=O) groups excluding carboxylic acids is 3. The summed E-state index contributed by atoms with van der Waals surface area (Å²) in [7, 11) is 0. The summed E-state index contributed by atoms with van der Waals surface area (Å²) in [5, 5.41) is 2.82. The van der Waals surface area contributed by atoms with Gasteiger partial charge in [0.05, 0.1) is 6.61 Å². The number of urea groups is 1. The summed E-state index contributed by atoms with van der Waals surface area (Å²) in [6.45, 7) is 2.16. The number of imide groups is 1. The number of rotatable bonds is 3. The van der Waals surface area contributed by atoms with Crippen LogP contribution in [0.3, 0.4) is 0 Å². The van der Waals surface area contributed by atoms with Crippen molar-refractivity contribution in [3.63, 3.8) is 0 Å². The van der Waals surface area contributed by atoms with E-state index in [1.165, 1.54) is 0 Å². The summed E-state index contributed by atoms with van der Waals surface area (Å²) in [5.41, 5.74) is -0.541. The van der Waals surface area contributed by atoms with Crippen molar-refractivity contribution in [3.8, 4) is 5.75 Å². The van der Waals surface area contributed by atoms with E-state index in [0.717, 1.165) is 4.90 Å². The van der Waals surface area contributed by atoms with Crippen molar-refractivity contribution >= 4 is 23.8 Å². The first-order chi connectivity index (χ1) is 15.1. The van der Waals surface area contributed by atoms with Crippen LogP contribution in [-0.2, 0) is 15.1 Å². The molecule has 4 amide bonds. The molecule has 2 aromatic rings. The molecule has 1 aromatic carbocycles. The predicted octanol–water partition coefficient (Wildman–Crippen LogP) is 0.355. The molecule has 1 N–H and O–H groups in total.